The van der Waals surface area contributed by atoms with Gasteiger partial charge in [-0.3, -0.25) is 0 Å². The van der Waals surface area contributed by atoms with E-state index < -0.39 is 0 Å². The highest BCUT2D eigenvalue weighted by Gasteiger charge is 2.10. The van der Waals surface area contributed by atoms with Gasteiger partial charge in [0.25, 0.3) is 0 Å². The van der Waals surface area contributed by atoms with Crippen LogP contribution in [0.15, 0.2) is 75.6 Å². The molecule has 0 fully saturated rings. The van der Waals surface area contributed by atoms with E-state index >= 15 is 0 Å². The van der Waals surface area contributed by atoms with Gasteiger partial charge in [0.05, 0.1) is 0 Å². The molecule has 1 atom stereocenters. The lowest BCUT2D eigenvalue weighted by Gasteiger charge is -2.09. The van der Waals surface area contributed by atoms with Crippen molar-refractivity contribution in [3.8, 4) is 11.3 Å². The number of halogens is 1. The Morgan fingerprint density at radius 3 is 2.41 bits per heavy atom. The van der Waals surface area contributed by atoms with E-state index in [2.05, 4.69) is 70.6 Å². The monoisotopic (exact) mass is 356 g/mol. The number of rotatable bonds is 5. The van der Waals surface area contributed by atoms with Gasteiger partial charge in [-0.25, -0.2) is 0 Å². The van der Waals surface area contributed by atoms with Crippen LogP contribution in [0.2, 0.25) is 0 Å². The van der Waals surface area contributed by atoms with Crippen LogP contribution in [0.5, 0.6) is 0 Å². The van der Waals surface area contributed by atoms with Crippen LogP contribution in [-0.4, -0.2) is 0 Å². The Bertz CT molecular complexity index is 719. The van der Waals surface area contributed by atoms with Gasteiger partial charge >= 0.3 is 0 Å². The second kappa shape index (κ2) is 6.95. The minimum atomic E-state index is 0.419. The van der Waals surface area contributed by atoms with Crippen molar-refractivity contribution in [3.63, 3.8) is 0 Å². The molecule has 0 saturated heterocycles. The molecule has 112 valence electrons. The zero-order valence-electron chi connectivity index (χ0n) is 12.5. The summed E-state index contributed by atoms with van der Waals surface area (Å²) in [7, 11) is 0. The summed E-state index contributed by atoms with van der Waals surface area (Å²) in [6.45, 7) is 3.06. The molecule has 2 nitrogen and oxygen atoms in total. The van der Waals surface area contributed by atoms with Crippen molar-refractivity contribution < 1.29 is 9.73 Å². The van der Waals surface area contributed by atoms with Crippen molar-refractivity contribution in [1.82, 2.24) is 0 Å². The molecule has 2 N–H and O–H groups in total. The maximum atomic E-state index is 5.95. The molecule has 0 aliphatic heterocycles. The van der Waals surface area contributed by atoms with Gasteiger partial charge in [-0.15, -0.1) is 0 Å². The Hall–Kier alpha value is -1.84. The van der Waals surface area contributed by atoms with Gasteiger partial charge in [-0.05, 0) is 31.2 Å². The Morgan fingerprint density at radius 1 is 0.955 bits per heavy atom. The number of nitrogens with two attached hydrogens (primary N) is 1. The first-order valence-corrected chi connectivity index (χ1v) is 8.24. The first kappa shape index (κ1) is 15.1. The van der Waals surface area contributed by atoms with Crippen LogP contribution < -0.4 is 5.32 Å². The quantitative estimate of drug-likeness (QED) is 0.714. The molecule has 1 aromatic heterocycles. The Morgan fingerprint density at radius 2 is 1.68 bits per heavy atom. The molecule has 0 amide bonds. The maximum absolute atomic E-state index is 5.95. The van der Waals surface area contributed by atoms with Crippen LogP contribution in [0.1, 0.15) is 24.3 Å². The Labute approximate surface area is 139 Å². The van der Waals surface area contributed by atoms with Gasteiger partial charge in [-0.2, -0.15) is 0 Å². The lowest BCUT2D eigenvalue weighted by atomic mass is 10.1. The van der Waals surface area contributed by atoms with Crippen molar-refractivity contribution in [2.75, 3.05) is 0 Å². The second-order valence-corrected chi connectivity index (χ2v) is 6.33. The van der Waals surface area contributed by atoms with Crippen molar-refractivity contribution in [1.29, 1.82) is 0 Å². The van der Waals surface area contributed by atoms with Crippen molar-refractivity contribution >= 4 is 15.9 Å². The van der Waals surface area contributed by atoms with Gasteiger partial charge < -0.3 is 9.73 Å². The van der Waals surface area contributed by atoms with E-state index in [0.717, 1.165) is 28.1 Å². The van der Waals surface area contributed by atoms with Gasteiger partial charge in [0, 0.05) is 15.6 Å². The third kappa shape index (κ3) is 3.67. The van der Waals surface area contributed by atoms with Gasteiger partial charge in [0.2, 0.25) is 0 Å². The molecule has 3 heteroatoms. The highest BCUT2D eigenvalue weighted by atomic mass is 79.9. The predicted molar refractivity (Wildman–Crippen MR) is 92.3 cm³/mol. The molecule has 3 aromatic rings. The molecular weight excluding hydrogens is 338 g/mol. The van der Waals surface area contributed by atoms with E-state index in [1.165, 1.54) is 5.56 Å². The Kier molecular flexibility index (Phi) is 4.76. The third-order valence-corrected chi connectivity index (χ3v) is 4.32. The summed E-state index contributed by atoms with van der Waals surface area (Å²) in [6.07, 6.45) is 0. The van der Waals surface area contributed by atoms with Crippen LogP contribution in [-0.2, 0) is 6.54 Å². The fraction of sp³-hybridized carbons (Fsp3) is 0.158. The largest absolute Gasteiger partial charge is 0.455 e. The molecule has 2 aromatic carbocycles. The Balaban J connectivity index is 1.63. The van der Waals surface area contributed by atoms with Crippen LogP contribution in [0.25, 0.3) is 11.3 Å². The summed E-state index contributed by atoms with van der Waals surface area (Å²) >= 11 is 3.45. The van der Waals surface area contributed by atoms with Crippen LogP contribution in [0, 0.1) is 0 Å². The van der Waals surface area contributed by atoms with E-state index in [0.29, 0.717) is 6.04 Å². The summed E-state index contributed by atoms with van der Waals surface area (Å²) in [5.74, 6) is 1.92. The van der Waals surface area contributed by atoms with Gasteiger partial charge in [0.1, 0.15) is 18.3 Å². The molecular formula is C19H19BrNO+. The second-order valence-electron chi connectivity index (χ2n) is 5.41. The summed E-state index contributed by atoms with van der Waals surface area (Å²) in [6, 6.07) is 23.2. The van der Waals surface area contributed by atoms with E-state index in [4.69, 9.17) is 4.42 Å². The predicted octanol–water partition coefficient (Wildman–Crippen LogP) is 4.53. The minimum absolute atomic E-state index is 0.419. The smallest absolute Gasteiger partial charge is 0.158 e. The molecule has 0 saturated carbocycles. The van der Waals surface area contributed by atoms with Gasteiger partial charge in [-0.1, -0.05) is 58.4 Å². The summed E-state index contributed by atoms with van der Waals surface area (Å²) in [5, 5.41) is 2.29. The molecule has 22 heavy (non-hydrogen) atoms. The number of quaternary nitrogens is 1. The van der Waals surface area contributed by atoms with E-state index in [1.54, 1.807) is 0 Å². The normalized spacial score (nSPS) is 12.3. The summed E-state index contributed by atoms with van der Waals surface area (Å²) < 4.78 is 7.03. The summed E-state index contributed by atoms with van der Waals surface area (Å²) in [5.41, 5.74) is 2.44. The van der Waals surface area contributed by atoms with Crippen molar-refractivity contribution in [2.45, 2.75) is 19.5 Å². The zero-order chi connectivity index (χ0) is 15.4. The molecule has 0 spiro atoms. The first-order chi connectivity index (χ1) is 10.7. The molecule has 0 aliphatic rings. The third-order valence-electron chi connectivity index (χ3n) is 3.79. The van der Waals surface area contributed by atoms with E-state index in [-0.39, 0.29) is 0 Å². The van der Waals surface area contributed by atoms with Crippen molar-refractivity contribution in [3.05, 3.63) is 82.5 Å². The highest BCUT2D eigenvalue weighted by molar-refractivity contribution is 9.10. The van der Waals surface area contributed by atoms with Crippen LogP contribution >= 0.6 is 15.9 Å². The number of hydrogen-bond acceptors (Lipinski definition) is 1. The van der Waals surface area contributed by atoms with Crippen LogP contribution in [0.4, 0.5) is 0 Å². The number of furan rings is 1. The maximum Gasteiger partial charge on any atom is 0.158 e. The van der Waals surface area contributed by atoms with E-state index in [9.17, 15) is 0 Å². The first-order valence-electron chi connectivity index (χ1n) is 7.45. The molecule has 0 aliphatic carbocycles. The molecule has 0 bridgehead atoms. The average molecular weight is 357 g/mol. The zero-order valence-corrected chi connectivity index (χ0v) is 14.1. The summed E-state index contributed by atoms with van der Waals surface area (Å²) in [4.78, 5) is 0. The molecule has 0 radical (unpaired) electrons. The minimum Gasteiger partial charge on any atom is -0.455 e. The molecule has 3 rings (SSSR count). The standard InChI is InChI=1S/C19H18BrNO/c1-14(15-5-3-2-4-6-15)21-13-18-11-12-19(22-18)16-7-9-17(20)10-8-16/h2-12,14,21H,13H2,1H3/p+1/t14-/m0/s1. The fourth-order valence-corrected chi connectivity index (χ4v) is 2.71. The number of benzene rings is 2. The van der Waals surface area contributed by atoms with Crippen LogP contribution in [0.3, 0.4) is 0 Å². The molecule has 0 unspecified atom stereocenters. The van der Waals surface area contributed by atoms with E-state index in [1.807, 2.05) is 24.3 Å². The average Bonchev–Trinajstić information content (AvgIpc) is 3.03. The van der Waals surface area contributed by atoms with Gasteiger partial charge in [0.15, 0.2) is 5.76 Å². The SMILES string of the molecule is C[C@H]([NH2+]Cc1ccc(-c2ccc(Br)cc2)o1)c1ccccc1. The van der Waals surface area contributed by atoms with Crippen molar-refractivity contribution in [2.24, 2.45) is 0 Å². The number of hydrogen-bond donors (Lipinski definition) is 1. The lowest BCUT2D eigenvalue weighted by Crippen LogP contribution is -2.82. The molecule has 1 heterocycles. The highest BCUT2D eigenvalue weighted by Crippen LogP contribution is 2.23. The fourth-order valence-electron chi connectivity index (χ4n) is 2.44. The topological polar surface area (TPSA) is 29.8 Å². The lowest BCUT2D eigenvalue weighted by molar-refractivity contribution is -0.709.